The average Bonchev–Trinajstić information content (AvgIpc) is 2.44. The van der Waals surface area contributed by atoms with E-state index in [0.29, 0.717) is 0 Å². The lowest BCUT2D eigenvalue weighted by Crippen LogP contribution is -2.71. The van der Waals surface area contributed by atoms with Gasteiger partial charge >= 0.3 is 0 Å². The van der Waals surface area contributed by atoms with Crippen LogP contribution < -0.4 is 72.0 Å². The highest BCUT2D eigenvalue weighted by atomic mass is 28.3. The Kier molecular flexibility index (Phi) is 8.69. The third-order valence-electron chi connectivity index (χ3n) is 20.8. The number of anilines is 6. The summed E-state index contributed by atoms with van der Waals surface area (Å²) >= 11 is 0. The molecule has 2 nitrogen and oxygen atoms in total. The Balaban J connectivity index is 0.903. The van der Waals surface area contributed by atoms with Crippen molar-refractivity contribution in [3.8, 4) is 66.8 Å². The zero-order chi connectivity index (χ0) is 54.2. The van der Waals surface area contributed by atoms with E-state index in [1.165, 1.54) is 163 Å². The highest BCUT2D eigenvalue weighted by molar-refractivity contribution is 7.25. The second-order valence-electron chi connectivity index (χ2n) is 25.1. The Morgan fingerprint density at radius 1 is 0.220 bits per heavy atom. The van der Waals surface area contributed by atoms with Gasteiger partial charge in [-0.05, 0) is 166 Å². The highest BCUT2D eigenvalue weighted by Crippen LogP contribution is 2.49. The third-order valence-corrected chi connectivity index (χ3v) is 37.7. The predicted molar refractivity (Wildman–Crippen MR) is 357 cm³/mol. The monoisotopic (exact) mass is 1110 g/mol. The van der Waals surface area contributed by atoms with Gasteiger partial charge in [0.25, 0.3) is 0 Å². The van der Waals surface area contributed by atoms with Gasteiger partial charge in [0.1, 0.15) is 16.1 Å². The molecule has 82 heavy (non-hydrogen) atoms. The molecule has 0 aromatic heterocycles. The summed E-state index contributed by atoms with van der Waals surface area (Å²) in [6.07, 6.45) is 0. The van der Waals surface area contributed by atoms with Gasteiger partial charge in [-0.1, -0.05) is 239 Å². The minimum atomic E-state index is -3.02. The maximum Gasteiger partial charge on any atom is 0.182 e. The molecule has 2 spiro atoms. The number of rotatable bonds is 2. The Bertz CT molecular complexity index is 4780. The summed E-state index contributed by atoms with van der Waals surface area (Å²) in [5, 5.41) is 17.9. The van der Waals surface area contributed by atoms with Crippen LogP contribution in [0.5, 0.6) is 0 Å². The second-order valence-corrected chi connectivity index (χ2v) is 41.0. The quantitative estimate of drug-likeness (QED) is 0.159. The highest BCUT2D eigenvalue weighted by Gasteiger charge is 2.57. The van der Waals surface area contributed by atoms with Crippen molar-refractivity contribution in [1.29, 1.82) is 0 Å². The van der Waals surface area contributed by atoms with E-state index in [-0.39, 0.29) is 0 Å². The first kappa shape index (κ1) is 45.8. The Labute approximate surface area is 483 Å². The molecule has 12 aromatic rings. The SMILES string of the molecule is C[Si]1(C)c2ccccc2N(c2ccc3c(c2)[Si]24c5ccccc5-c5ccc(cc52)-c2ccc5c(c2)[Si]2(c6ccccc6-5)c5cc(ccc5-c5c(N6c7ccccc7[Si](C)(C)c7ccccc76)cccc52)-c2ccc-3c4c2)c2ccccc21. The molecule has 7 aliphatic rings. The first-order chi connectivity index (χ1) is 40.2. The predicted octanol–water partition coefficient (Wildman–Crippen LogP) is 11.2. The number of benzene rings is 12. The molecule has 6 heteroatoms. The van der Waals surface area contributed by atoms with Crippen LogP contribution in [0.1, 0.15) is 0 Å². The third kappa shape index (κ3) is 5.33. The molecule has 0 radical (unpaired) electrons. The van der Waals surface area contributed by atoms with Crippen molar-refractivity contribution in [1.82, 2.24) is 0 Å². The Hall–Kier alpha value is -8.89. The van der Waals surface area contributed by atoms with E-state index in [2.05, 4.69) is 291 Å². The molecule has 0 fully saturated rings. The van der Waals surface area contributed by atoms with E-state index < -0.39 is 32.3 Å². The van der Waals surface area contributed by atoms with Crippen LogP contribution >= 0.6 is 0 Å². The van der Waals surface area contributed by atoms with Crippen LogP contribution in [0, 0.1) is 0 Å². The van der Waals surface area contributed by atoms with Gasteiger partial charge in [0.2, 0.25) is 0 Å². The minimum absolute atomic E-state index is 1.24. The fourth-order valence-electron chi connectivity index (χ4n) is 17.3. The molecule has 8 bridgehead atoms. The second kappa shape index (κ2) is 15.6. The zero-order valence-corrected chi connectivity index (χ0v) is 50.1. The van der Waals surface area contributed by atoms with Gasteiger partial charge < -0.3 is 9.80 Å². The molecular formula is C76H54N2Si4. The summed E-state index contributed by atoms with van der Waals surface area (Å²) in [6.45, 7) is 10.1. The van der Waals surface area contributed by atoms with Crippen LogP contribution in [0.25, 0.3) is 66.8 Å². The number of para-hydroxylation sites is 4. The van der Waals surface area contributed by atoms with E-state index in [1.54, 1.807) is 0 Å². The van der Waals surface area contributed by atoms with Crippen molar-refractivity contribution >= 4 is 129 Å². The van der Waals surface area contributed by atoms with Gasteiger partial charge in [0.05, 0.1) is 5.69 Å². The number of hydrogen-bond acceptors (Lipinski definition) is 2. The van der Waals surface area contributed by atoms with Gasteiger partial charge in [-0.15, -0.1) is 0 Å². The molecule has 2 atom stereocenters. The van der Waals surface area contributed by atoms with E-state index in [1.807, 2.05) is 0 Å². The largest absolute Gasteiger partial charge is 0.311 e. The van der Waals surface area contributed by atoms with Crippen LogP contribution in [-0.4, -0.2) is 32.3 Å². The van der Waals surface area contributed by atoms with Crippen molar-refractivity contribution in [2.75, 3.05) is 9.80 Å². The van der Waals surface area contributed by atoms with Crippen molar-refractivity contribution in [3.05, 3.63) is 255 Å². The van der Waals surface area contributed by atoms with Crippen LogP contribution in [-0.2, 0) is 0 Å². The number of nitrogens with zero attached hydrogens (tertiary/aromatic N) is 2. The van der Waals surface area contributed by atoms with Gasteiger partial charge in [0, 0.05) is 34.0 Å². The van der Waals surface area contributed by atoms with Crippen LogP contribution in [0.15, 0.2) is 255 Å². The van der Waals surface area contributed by atoms with Gasteiger partial charge in [-0.2, -0.15) is 0 Å². The average molecular weight is 1110 g/mol. The van der Waals surface area contributed by atoms with Crippen molar-refractivity contribution in [2.45, 2.75) is 26.2 Å². The Morgan fingerprint density at radius 3 is 0.976 bits per heavy atom. The van der Waals surface area contributed by atoms with Gasteiger partial charge in [0.15, 0.2) is 16.1 Å². The maximum absolute atomic E-state index is 3.02. The minimum Gasteiger partial charge on any atom is -0.311 e. The molecule has 0 amide bonds. The van der Waals surface area contributed by atoms with Crippen LogP contribution in [0.4, 0.5) is 34.1 Å². The standard InChI is InChI=1S/C76H54N2Si4/c1-79(2)66-27-13-7-20-59(66)77(60-21-8-14-28-67(60)79)51-36-41-57-56-39-34-49-44-73(56)82(75(57)46-51)65-26-12-6-19-53(65)55-38-33-48(43-72(55)82)47-32-37-54-52-18-5-11-25-64(52)81(71(54)42-47)70-31-17-24-63(76(70)58-40-35-50(49)45-74(58)81)78-61-22-9-15-29-68(61)80(3,4)69-30-16-10-23-62(69)78/h5-46H,1-4H3. The summed E-state index contributed by atoms with van der Waals surface area (Å²) in [5.74, 6) is 0. The number of fused-ring (bicyclic) bond motifs is 18. The molecule has 19 rings (SSSR count). The van der Waals surface area contributed by atoms with E-state index in [4.69, 9.17) is 0 Å². The molecule has 0 saturated heterocycles. The normalized spacial score (nSPS) is 18.7. The van der Waals surface area contributed by atoms with Gasteiger partial charge in [-0.3, -0.25) is 0 Å². The molecular weight excluding hydrogens is 1050 g/mol. The number of hydrogen-bond donors (Lipinski definition) is 0. The molecule has 7 aliphatic heterocycles. The fraction of sp³-hybridized carbons (Fsp3) is 0.0526. The molecule has 0 saturated carbocycles. The molecule has 7 heterocycles. The Morgan fingerprint density at radius 2 is 0.524 bits per heavy atom. The molecule has 0 aliphatic carbocycles. The van der Waals surface area contributed by atoms with Crippen LogP contribution in [0.3, 0.4) is 0 Å². The summed E-state index contributed by atoms with van der Waals surface area (Å²) < 4.78 is 0. The maximum atomic E-state index is 2.68. The smallest absolute Gasteiger partial charge is 0.182 e. The summed E-state index contributed by atoms with van der Waals surface area (Å²) in [4.78, 5) is 5.24. The fourth-order valence-corrected chi connectivity index (χ4v) is 34.6. The summed E-state index contributed by atoms with van der Waals surface area (Å²) in [6, 6.07) is 102. The van der Waals surface area contributed by atoms with E-state index in [0.717, 1.165) is 0 Å². The van der Waals surface area contributed by atoms with Crippen LogP contribution in [0.2, 0.25) is 26.2 Å². The first-order valence-corrected chi connectivity index (χ1v) is 39.2. The summed E-state index contributed by atoms with van der Waals surface area (Å²) in [7, 11) is -10.1. The first-order valence-electron chi connectivity index (χ1n) is 29.2. The van der Waals surface area contributed by atoms with Crippen molar-refractivity contribution in [2.24, 2.45) is 0 Å². The molecule has 0 N–H and O–H groups in total. The molecule has 2 unspecified atom stereocenters. The summed E-state index contributed by atoms with van der Waals surface area (Å²) in [5.41, 5.74) is 24.0. The lowest BCUT2D eigenvalue weighted by Gasteiger charge is -2.41. The van der Waals surface area contributed by atoms with E-state index in [9.17, 15) is 0 Å². The van der Waals surface area contributed by atoms with Crippen molar-refractivity contribution < 1.29 is 0 Å². The lowest BCUT2D eigenvalue weighted by molar-refractivity contribution is 1.29. The van der Waals surface area contributed by atoms with E-state index >= 15 is 0 Å². The zero-order valence-electron chi connectivity index (χ0n) is 46.1. The molecule has 12 aromatic carbocycles. The van der Waals surface area contributed by atoms with Gasteiger partial charge in [-0.25, -0.2) is 0 Å². The molecule has 384 valence electrons. The lowest BCUT2D eigenvalue weighted by atomic mass is 9.97. The topological polar surface area (TPSA) is 6.48 Å². The van der Waals surface area contributed by atoms with Crippen molar-refractivity contribution in [3.63, 3.8) is 0 Å².